The summed E-state index contributed by atoms with van der Waals surface area (Å²) in [7, 11) is 0. The zero-order chi connectivity index (χ0) is 12.6. The van der Waals surface area contributed by atoms with Crippen molar-refractivity contribution in [2.45, 2.75) is 32.1 Å². The lowest BCUT2D eigenvalue weighted by atomic mass is 9.85. The van der Waals surface area contributed by atoms with Crippen LogP contribution in [0.4, 0.5) is 10.1 Å². The average Bonchev–Trinajstić information content (AvgIpc) is 2.49. The lowest BCUT2D eigenvalue weighted by molar-refractivity contribution is -0.119. The summed E-state index contributed by atoms with van der Waals surface area (Å²) in [6.07, 6.45) is 1.47. The number of aryl methyl sites for hydroxylation is 1. The predicted octanol–water partition coefficient (Wildman–Crippen LogP) is 1.95. The number of carbonyl (C=O) groups excluding carboxylic acids is 1. The molecule has 1 aromatic rings. The van der Waals surface area contributed by atoms with Crippen LogP contribution in [0.15, 0.2) is 12.1 Å². The summed E-state index contributed by atoms with van der Waals surface area (Å²) in [5, 5.41) is 2.85. The molecule has 4 heteroatoms. The van der Waals surface area contributed by atoms with Gasteiger partial charge in [-0.15, -0.1) is 0 Å². The zero-order valence-electron chi connectivity index (χ0n) is 10.1. The van der Waals surface area contributed by atoms with Gasteiger partial charge in [0.25, 0.3) is 0 Å². The molecular formula is C13H17FN2O. The number of benzene rings is 1. The third-order valence-electron chi connectivity index (χ3n) is 3.31. The van der Waals surface area contributed by atoms with Crippen molar-refractivity contribution >= 4 is 11.6 Å². The van der Waals surface area contributed by atoms with Gasteiger partial charge in [-0.05, 0) is 56.5 Å². The number of fused-ring (bicyclic) bond motifs is 1. The maximum absolute atomic E-state index is 13.5. The summed E-state index contributed by atoms with van der Waals surface area (Å²) in [6, 6.07) is 2.93. The number of nitrogens with two attached hydrogens (primary N) is 1. The SMILES string of the molecule is CC1(C)C(=O)Nc2c(CCCN)cc(F)cc21. The van der Waals surface area contributed by atoms with Crippen LogP contribution in [0.2, 0.25) is 0 Å². The quantitative estimate of drug-likeness (QED) is 0.842. The molecule has 1 aliphatic rings. The van der Waals surface area contributed by atoms with Crippen LogP contribution in [-0.2, 0) is 16.6 Å². The summed E-state index contributed by atoms with van der Waals surface area (Å²) in [5.74, 6) is -0.368. The van der Waals surface area contributed by atoms with E-state index in [0.717, 1.165) is 23.2 Å². The van der Waals surface area contributed by atoms with Crippen LogP contribution in [0.5, 0.6) is 0 Å². The first-order chi connectivity index (χ1) is 7.96. The highest BCUT2D eigenvalue weighted by atomic mass is 19.1. The van der Waals surface area contributed by atoms with Crippen LogP contribution in [0.1, 0.15) is 31.4 Å². The Balaban J connectivity index is 2.49. The van der Waals surface area contributed by atoms with Gasteiger partial charge in [0.2, 0.25) is 5.91 Å². The Hall–Kier alpha value is -1.42. The molecular weight excluding hydrogens is 219 g/mol. The molecule has 1 aromatic carbocycles. The van der Waals surface area contributed by atoms with Crippen molar-refractivity contribution in [3.8, 4) is 0 Å². The van der Waals surface area contributed by atoms with Crippen molar-refractivity contribution in [2.75, 3.05) is 11.9 Å². The first-order valence-electron chi connectivity index (χ1n) is 5.81. The Morgan fingerprint density at radius 3 is 2.76 bits per heavy atom. The maximum atomic E-state index is 13.5. The van der Waals surface area contributed by atoms with Gasteiger partial charge in [-0.25, -0.2) is 4.39 Å². The summed E-state index contributed by atoms with van der Waals surface area (Å²) in [4.78, 5) is 11.8. The lowest BCUT2D eigenvalue weighted by Gasteiger charge is -2.15. The highest BCUT2D eigenvalue weighted by Gasteiger charge is 2.39. The zero-order valence-corrected chi connectivity index (χ0v) is 10.1. The average molecular weight is 236 g/mol. The summed E-state index contributed by atoms with van der Waals surface area (Å²) < 4.78 is 13.5. The van der Waals surface area contributed by atoms with Crippen molar-refractivity contribution in [2.24, 2.45) is 5.73 Å². The largest absolute Gasteiger partial charge is 0.330 e. The normalized spacial score (nSPS) is 16.8. The van der Waals surface area contributed by atoms with E-state index >= 15 is 0 Å². The third-order valence-corrected chi connectivity index (χ3v) is 3.31. The molecule has 2 rings (SSSR count). The van der Waals surface area contributed by atoms with Crippen molar-refractivity contribution in [1.29, 1.82) is 0 Å². The van der Waals surface area contributed by atoms with Crippen LogP contribution < -0.4 is 11.1 Å². The monoisotopic (exact) mass is 236 g/mol. The Morgan fingerprint density at radius 2 is 2.12 bits per heavy atom. The summed E-state index contributed by atoms with van der Waals surface area (Å²) in [6.45, 7) is 4.17. The molecule has 0 fully saturated rings. The van der Waals surface area contributed by atoms with E-state index in [4.69, 9.17) is 5.73 Å². The standard InChI is InChI=1S/C13H17FN2O/c1-13(2)10-7-9(14)6-8(4-3-5-15)11(10)16-12(13)17/h6-7H,3-5,15H2,1-2H3,(H,16,17). The fraction of sp³-hybridized carbons (Fsp3) is 0.462. The second-order valence-corrected chi connectivity index (χ2v) is 4.96. The van der Waals surface area contributed by atoms with Crippen molar-refractivity contribution in [3.05, 3.63) is 29.1 Å². The molecule has 17 heavy (non-hydrogen) atoms. The fourth-order valence-electron chi connectivity index (χ4n) is 2.19. The van der Waals surface area contributed by atoms with Crippen LogP contribution in [0, 0.1) is 5.82 Å². The van der Waals surface area contributed by atoms with Crippen molar-refractivity contribution in [1.82, 2.24) is 0 Å². The molecule has 92 valence electrons. The minimum atomic E-state index is -0.658. The van der Waals surface area contributed by atoms with Gasteiger partial charge < -0.3 is 11.1 Å². The fourth-order valence-corrected chi connectivity index (χ4v) is 2.19. The van der Waals surface area contributed by atoms with Crippen LogP contribution in [0.25, 0.3) is 0 Å². The highest BCUT2D eigenvalue weighted by Crippen LogP contribution is 2.40. The minimum absolute atomic E-state index is 0.0768. The number of hydrogen-bond donors (Lipinski definition) is 2. The number of carbonyl (C=O) groups is 1. The Labute approximate surface area is 100 Å². The van der Waals surface area contributed by atoms with E-state index in [1.807, 2.05) is 0 Å². The summed E-state index contributed by atoms with van der Waals surface area (Å²) >= 11 is 0. The first-order valence-corrected chi connectivity index (χ1v) is 5.81. The smallest absolute Gasteiger partial charge is 0.234 e. The van der Waals surface area contributed by atoms with Gasteiger partial charge in [-0.3, -0.25) is 4.79 Å². The molecule has 0 spiro atoms. The number of nitrogens with one attached hydrogen (secondary N) is 1. The van der Waals surface area contributed by atoms with E-state index in [2.05, 4.69) is 5.32 Å². The van der Waals surface area contributed by atoms with Gasteiger partial charge in [0.05, 0.1) is 5.41 Å². The molecule has 0 bridgehead atoms. The Bertz CT molecular complexity index is 469. The molecule has 1 heterocycles. The second kappa shape index (κ2) is 4.11. The van der Waals surface area contributed by atoms with E-state index in [1.54, 1.807) is 13.8 Å². The topological polar surface area (TPSA) is 55.1 Å². The molecule has 0 aromatic heterocycles. The molecule has 1 aliphatic heterocycles. The van der Waals surface area contributed by atoms with E-state index in [0.29, 0.717) is 13.0 Å². The maximum Gasteiger partial charge on any atom is 0.234 e. The van der Waals surface area contributed by atoms with Crippen molar-refractivity contribution < 1.29 is 9.18 Å². The molecule has 0 saturated carbocycles. The first kappa shape index (κ1) is 12.0. The molecule has 3 nitrogen and oxygen atoms in total. The van der Waals surface area contributed by atoms with Gasteiger partial charge in [0, 0.05) is 5.69 Å². The van der Waals surface area contributed by atoms with Crippen molar-refractivity contribution in [3.63, 3.8) is 0 Å². The number of hydrogen-bond acceptors (Lipinski definition) is 2. The molecule has 0 aliphatic carbocycles. The van der Waals surface area contributed by atoms with Crippen LogP contribution in [-0.4, -0.2) is 12.5 Å². The molecule has 0 atom stereocenters. The molecule has 3 N–H and O–H groups in total. The second-order valence-electron chi connectivity index (χ2n) is 4.96. The molecule has 0 radical (unpaired) electrons. The molecule has 1 amide bonds. The Kier molecular flexibility index (Phi) is 2.91. The van der Waals surface area contributed by atoms with E-state index in [1.165, 1.54) is 12.1 Å². The highest BCUT2D eigenvalue weighted by molar-refractivity contribution is 6.06. The molecule has 0 unspecified atom stereocenters. The number of amides is 1. The van der Waals surface area contributed by atoms with E-state index in [9.17, 15) is 9.18 Å². The third kappa shape index (κ3) is 1.93. The van der Waals surface area contributed by atoms with Gasteiger partial charge >= 0.3 is 0 Å². The lowest BCUT2D eigenvalue weighted by Crippen LogP contribution is -2.26. The van der Waals surface area contributed by atoms with Gasteiger partial charge in [-0.2, -0.15) is 0 Å². The number of rotatable bonds is 3. The number of halogens is 1. The number of anilines is 1. The van der Waals surface area contributed by atoms with Gasteiger partial charge in [0.1, 0.15) is 5.82 Å². The van der Waals surface area contributed by atoms with Gasteiger partial charge in [-0.1, -0.05) is 0 Å². The van der Waals surface area contributed by atoms with E-state index < -0.39 is 5.41 Å². The van der Waals surface area contributed by atoms with Crippen LogP contribution in [0.3, 0.4) is 0 Å². The minimum Gasteiger partial charge on any atom is -0.330 e. The summed E-state index contributed by atoms with van der Waals surface area (Å²) in [5.41, 5.74) is 7.16. The van der Waals surface area contributed by atoms with E-state index in [-0.39, 0.29) is 11.7 Å². The Morgan fingerprint density at radius 1 is 1.41 bits per heavy atom. The predicted molar refractivity (Wildman–Crippen MR) is 65.4 cm³/mol. The molecule has 0 saturated heterocycles. The van der Waals surface area contributed by atoms with Crippen LogP contribution >= 0.6 is 0 Å². The van der Waals surface area contributed by atoms with Gasteiger partial charge in [0.15, 0.2) is 0 Å².